The molecule has 0 spiro atoms. The van der Waals surface area contributed by atoms with Gasteiger partial charge in [0, 0.05) is 52.4 Å². The zero-order valence-corrected chi connectivity index (χ0v) is 16.1. The van der Waals surface area contributed by atoms with E-state index in [0.717, 1.165) is 57.4 Å². The van der Waals surface area contributed by atoms with Crippen LogP contribution in [0.1, 0.15) is 12.5 Å². The average Bonchev–Trinajstić information content (AvgIpc) is 2.65. The highest BCUT2D eigenvalue weighted by atomic mass is 16.5. The van der Waals surface area contributed by atoms with Crippen molar-refractivity contribution in [2.45, 2.75) is 19.4 Å². The first kappa shape index (κ1) is 19.5. The number of guanidine groups is 1. The number of rotatable bonds is 7. The fourth-order valence-electron chi connectivity index (χ4n) is 3.08. The van der Waals surface area contributed by atoms with E-state index < -0.39 is 0 Å². The normalized spacial score (nSPS) is 18.0. The Hall–Kier alpha value is -1.79. The first-order chi connectivity index (χ1) is 12.1. The van der Waals surface area contributed by atoms with E-state index in [9.17, 15) is 0 Å². The molecule has 1 heterocycles. The lowest BCUT2D eigenvalue weighted by Gasteiger charge is -2.36. The van der Waals surface area contributed by atoms with Gasteiger partial charge in [-0.1, -0.05) is 18.2 Å². The number of para-hydroxylation sites is 1. The lowest BCUT2D eigenvalue weighted by Crippen LogP contribution is -2.52. The third kappa shape index (κ3) is 6.21. The summed E-state index contributed by atoms with van der Waals surface area (Å²) in [6, 6.07) is 8.65. The number of hydrogen-bond acceptors (Lipinski definition) is 4. The average molecular weight is 348 g/mol. The van der Waals surface area contributed by atoms with E-state index in [1.54, 1.807) is 7.11 Å². The molecule has 1 aromatic rings. The number of methoxy groups -OCH3 is 1. The Bertz CT molecular complexity index is 540. The van der Waals surface area contributed by atoms with Gasteiger partial charge in [-0.2, -0.15) is 0 Å². The summed E-state index contributed by atoms with van der Waals surface area (Å²) < 4.78 is 5.40. The summed E-state index contributed by atoms with van der Waals surface area (Å²) in [5.41, 5.74) is 1.21. The van der Waals surface area contributed by atoms with Crippen molar-refractivity contribution in [1.82, 2.24) is 20.4 Å². The number of aliphatic imine (C=N–C) groups is 1. The minimum absolute atomic E-state index is 0.501. The summed E-state index contributed by atoms with van der Waals surface area (Å²) in [7, 11) is 5.72. The number of nitrogens with one attached hydrogen (secondary N) is 2. The molecule has 1 unspecified atom stereocenters. The van der Waals surface area contributed by atoms with Crippen molar-refractivity contribution in [3.8, 4) is 5.75 Å². The van der Waals surface area contributed by atoms with Crippen LogP contribution in [0.2, 0.25) is 0 Å². The Morgan fingerprint density at radius 3 is 2.60 bits per heavy atom. The molecule has 6 nitrogen and oxygen atoms in total. The lowest BCUT2D eigenvalue weighted by molar-refractivity contribution is 0.120. The van der Waals surface area contributed by atoms with Gasteiger partial charge in [-0.05, 0) is 32.0 Å². The molecule has 0 radical (unpaired) electrons. The molecule has 1 fully saturated rings. The van der Waals surface area contributed by atoms with Gasteiger partial charge in [0.2, 0.25) is 0 Å². The molecule has 2 rings (SSSR count). The maximum Gasteiger partial charge on any atom is 0.191 e. The molecular weight excluding hydrogens is 314 g/mol. The van der Waals surface area contributed by atoms with Gasteiger partial charge >= 0.3 is 0 Å². The van der Waals surface area contributed by atoms with Crippen molar-refractivity contribution in [1.29, 1.82) is 0 Å². The number of hydrogen-bond donors (Lipinski definition) is 2. The summed E-state index contributed by atoms with van der Waals surface area (Å²) in [5, 5.41) is 6.84. The van der Waals surface area contributed by atoms with E-state index in [-0.39, 0.29) is 0 Å². The standard InChI is InChI=1S/C19H33N5O/c1-16(24-13-11-23(3)12-14-24)15-22-19(20-2)21-10-9-17-7-5-6-8-18(17)25-4/h5-8,16H,9-15H2,1-4H3,(H2,20,21,22). The predicted molar refractivity (Wildman–Crippen MR) is 105 cm³/mol. The molecule has 0 bridgehead atoms. The molecule has 1 aliphatic rings. The molecule has 0 aliphatic carbocycles. The highest BCUT2D eigenvalue weighted by Gasteiger charge is 2.19. The van der Waals surface area contributed by atoms with Crippen molar-refractivity contribution in [3.05, 3.63) is 29.8 Å². The Labute approximate surface area is 152 Å². The van der Waals surface area contributed by atoms with E-state index in [2.05, 4.69) is 45.5 Å². The maximum absolute atomic E-state index is 5.40. The second-order valence-electron chi connectivity index (χ2n) is 6.63. The largest absolute Gasteiger partial charge is 0.496 e. The van der Waals surface area contributed by atoms with E-state index >= 15 is 0 Å². The van der Waals surface area contributed by atoms with Crippen LogP contribution in [0.15, 0.2) is 29.3 Å². The number of benzene rings is 1. The second-order valence-corrected chi connectivity index (χ2v) is 6.63. The van der Waals surface area contributed by atoms with Crippen LogP contribution in [-0.2, 0) is 6.42 Å². The molecule has 0 amide bonds. The summed E-state index contributed by atoms with van der Waals surface area (Å²) >= 11 is 0. The quantitative estimate of drug-likeness (QED) is 0.570. The van der Waals surface area contributed by atoms with Crippen molar-refractivity contribution < 1.29 is 4.74 Å². The Balaban J connectivity index is 1.71. The molecule has 1 atom stereocenters. The Morgan fingerprint density at radius 1 is 1.20 bits per heavy atom. The van der Waals surface area contributed by atoms with Gasteiger partial charge in [-0.3, -0.25) is 9.89 Å². The van der Waals surface area contributed by atoms with E-state index in [4.69, 9.17) is 4.74 Å². The highest BCUT2D eigenvalue weighted by Crippen LogP contribution is 2.17. The van der Waals surface area contributed by atoms with Gasteiger partial charge in [0.05, 0.1) is 7.11 Å². The Kier molecular flexibility index (Phi) is 8.01. The summed E-state index contributed by atoms with van der Waals surface area (Å²) in [5.74, 6) is 1.80. The monoisotopic (exact) mass is 347 g/mol. The molecular formula is C19H33N5O. The van der Waals surface area contributed by atoms with E-state index in [1.807, 2.05) is 25.2 Å². The number of ether oxygens (including phenoxy) is 1. The minimum atomic E-state index is 0.501. The molecule has 140 valence electrons. The van der Waals surface area contributed by atoms with Crippen molar-refractivity contribution in [2.24, 2.45) is 4.99 Å². The van der Waals surface area contributed by atoms with Crippen LogP contribution in [0.25, 0.3) is 0 Å². The summed E-state index contributed by atoms with van der Waals surface area (Å²) in [4.78, 5) is 9.25. The SMILES string of the molecule is CN=C(NCCc1ccccc1OC)NCC(C)N1CCN(C)CC1. The summed E-state index contributed by atoms with van der Waals surface area (Å²) in [6.07, 6.45) is 0.902. The van der Waals surface area contributed by atoms with Crippen LogP contribution < -0.4 is 15.4 Å². The van der Waals surface area contributed by atoms with E-state index in [0.29, 0.717) is 6.04 Å². The third-order valence-corrected chi connectivity index (χ3v) is 4.83. The van der Waals surface area contributed by atoms with E-state index in [1.165, 1.54) is 5.56 Å². The van der Waals surface area contributed by atoms with Crippen molar-refractivity contribution in [3.63, 3.8) is 0 Å². The first-order valence-electron chi connectivity index (χ1n) is 9.13. The van der Waals surface area contributed by atoms with Crippen LogP contribution >= 0.6 is 0 Å². The zero-order valence-electron chi connectivity index (χ0n) is 16.1. The molecule has 6 heteroatoms. The molecule has 25 heavy (non-hydrogen) atoms. The van der Waals surface area contributed by atoms with Crippen LogP contribution in [-0.4, -0.2) is 82.3 Å². The summed E-state index contributed by atoms with van der Waals surface area (Å²) in [6.45, 7) is 8.58. The highest BCUT2D eigenvalue weighted by molar-refractivity contribution is 5.79. The van der Waals surface area contributed by atoms with Crippen LogP contribution in [0.3, 0.4) is 0 Å². The van der Waals surface area contributed by atoms with Gasteiger partial charge in [0.25, 0.3) is 0 Å². The van der Waals surface area contributed by atoms with Crippen molar-refractivity contribution in [2.75, 3.05) is 60.5 Å². The fourth-order valence-corrected chi connectivity index (χ4v) is 3.08. The zero-order chi connectivity index (χ0) is 18.1. The molecule has 0 saturated carbocycles. The number of piperazine rings is 1. The van der Waals surface area contributed by atoms with Gasteiger partial charge < -0.3 is 20.3 Å². The molecule has 2 N–H and O–H groups in total. The Morgan fingerprint density at radius 2 is 1.92 bits per heavy atom. The van der Waals surface area contributed by atoms with Crippen LogP contribution in [0.5, 0.6) is 5.75 Å². The van der Waals surface area contributed by atoms with Gasteiger partial charge in [-0.25, -0.2) is 0 Å². The van der Waals surface area contributed by atoms with Gasteiger partial charge in [0.15, 0.2) is 5.96 Å². The fraction of sp³-hybridized carbons (Fsp3) is 0.632. The molecule has 1 aromatic carbocycles. The maximum atomic E-state index is 5.40. The first-order valence-corrected chi connectivity index (χ1v) is 9.13. The smallest absolute Gasteiger partial charge is 0.191 e. The molecule has 0 aromatic heterocycles. The number of nitrogens with zero attached hydrogens (tertiary/aromatic N) is 3. The topological polar surface area (TPSA) is 52.1 Å². The van der Waals surface area contributed by atoms with Gasteiger partial charge in [0.1, 0.15) is 5.75 Å². The lowest BCUT2D eigenvalue weighted by atomic mass is 10.1. The minimum Gasteiger partial charge on any atom is -0.496 e. The van der Waals surface area contributed by atoms with Crippen LogP contribution in [0, 0.1) is 0 Å². The molecule has 1 saturated heterocycles. The van der Waals surface area contributed by atoms with Gasteiger partial charge in [-0.15, -0.1) is 0 Å². The molecule has 1 aliphatic heterocycles. The second kappa shape index (κ2) is 10.3. The van der Waals surface area contributed by atoms with Crippen molar-refractivity contribution >= 4 is 5.96 Å². The predicted octanol–water partition coefficient (Wildman–Crippen LogP) is 1.04. The third-order valence-electron chi connectivity index (χ3n) is 4.83. The van der Waals surface area contributed by atoms with Crippen LogP contribution in [0.4, 0.5) is 0 Å². The number of likely N-dealkylation sites (N-methyl/N-ethyl adjacent to an activating group) is 1.